The molecule has 0 saturated heterocycles. The number of carbonyl (C=O) groups excluding carboxylic acids is 3. The zero-order chi connectivity index (χ0) is 21.8. The molecule has 1 atom stereocenters. The molecule has 1 aliphatic rings. The van der Waals surface area contributed by atoms with Gasteiger partial charge in [-0.25, -0.2) is 0 Å². The van der Waals surface area contributed by atoms with E-state index in [0.717, 1.165) is 0 Å². The number of methoxy groups -OCH3 is 1. The molecule has 0 bridgehead atoms. The molecular weight excluding hydrogens is 392 g/mol. The van der Waals surface area contributed by atoms with E-state index in [4.69, 9.17) is 18.9 Å². The van der Waals surface area contributed by atoms with Crippen LogP contribution in [0.25, 0.3) is 0 Å². The van der Waals surface area contributed by atoms with Crippen molar-refractivity contribution >= 4 is 23.7 Å². The molecule has 0 saturated carbocycles. The van der Waals surface area contributed by atoms with Gasteiger partial charge in [-0.15, -0.1) is 5.10 Å². The Kier molecular flexibility index (Phi) is 6.01. The summed E-state index contributed by atoms with van der Waals surface area (Å²) in [4.78, 5) is 34.4. The van der Waals surface area contributed by atoms with E-state index in [2.05, 4.69) is 5.10 Å². The number of amides is 1. The van der Waals surface area contributed by atoms with Crippen molar-refractivity contribution < 1.29 is 33.3 Å². The molecule has 2 aromatic rings. The standard InChI is InChI=1S/C21H20N2O7/c1-12(24)23-21(16-7-10-18(29-14(3)26)19(11-16)27-4)30-20(22-23)15-5-8-17(9-6-15)28-13(2)25/h5-11,21H,1-4H3/t21-/m1/s1. The maximum absolute atomic E-state index is 12.1. The minimum Gasteiger partial charge on any atom is -0.493 e. The molecule has 1 amide bonds. The SMILES string of the molecule is COc1cc([C@H]2OC(c3ccc(OC(C)=O)cc3)=NN2C(C)=O)ccc1OC(C)=O. The first-order valence-corrected chi connectivity index (χ1v) is 8.98. The monoisotopic (exact) mass is 412 g/mol. The number of benzene rings is 2. The van der Waals surface area contributed by atoms with Gasteiger partial charge in [-0.1, -0.05) is 0 Å². The zero-order valence-corrected chi connectivity index (χ0v) is 16.9. The van der Waals surface area contributed by atoms with Crippen molar-refractivity contribution in [3.8, 4) is 17.2 Å². The molecule has 0 N–H and O–H groups in total. The summed E-state index contributed by atoms with van der Waals surface area (Å²) >= 11 is 0. The van der Waals surface area contributed by atoms with Crippen LogP contribution in [0.3, 0.4) is 0 Å². The first-order valence-electron chi connectivity index (χ1n) is 8.98. The third-order valence-corrected chi connectivity index (χ3v) is 4.06. The lowest BCUT2D eigenvalue weighted by Crippen LogP contribution is -2.25. The topological polar surface area (TPSA) is 104 Å². The maximum atomic E-state index is 12.1. The Bertz CT molecular complexity index is 1010. The van der Waals surface area contributed by atoms with Crippen LogP contribution in [0.15, 0.2) is 47.6 Å². The van der Waals surface area contributed by atoms with Gasteiger partial charge in [0.25, 0.3) is 0 Å². The second-order valence-corrected chi connectivity index (χ2v) is 6.36. The van der Waals surface area contributed by atoms with Gasteiger partial charge in [-0.05, 0) is 42.5 Å². The Morgan fingerprint density at radius 1 is 0.933 bits per heavy atom. The summed E-state index contributed by atoms with van der Waals surface area (Å²) in [5.41, 5.74) is 1.18. The maximum Gasteiger partial charge on any atom is 0.308 e. The smallest absolute Gasteiger partial charge is 0.308 e. The predicted octanol–water partition coefficient (Wildman–Crippen LogP) is 2.78. The molecule has 1 aliphatic heterocycles. The molecule has 156 valence electrons. The van der Waals surface area contributed by atoms with Crippen molar-refractivity contribution in [2.45, 2.75) is 27.0 Å². The molecule has 30 heavy (non-hydrogen) atoms. The number of hydrogen-bond donors (Lipinski definition) is 0. The number of hydrazone groups is 1. The highest BCUT2D eigenvalue weighted by Crippen LogP contribution is 2.36. The van der Waals surface area contributed by atoms with Crippen LogP contribution in [0.1, 0.15) is 38.1 Å². The lowest BCUT2D eigenvalue weighted by Gasteiger charge is -2.20. The molecule has 0 unspecified atom stereocenters. The highest BCUT2D eigenvalue weighted by Gasteiger charge is 2.33. The first-order chi connectivity index (χ1) is 14.3. The number of ether oxygens (including phenoxy) is 4. The van der Waals surface area contributed by atoms with Gasteiger partial charge in [-0.2, -0.15) is 5.01 Å². The van der Waals surface area contributed by atoms with Gasteiger partial charge >= 0.3 is 11.9 Å². The lowest BCUT2D eigenvalue weighted by molar-refractivity contribution is -0.135. The van der Waals surface area contributed by atoms with Crippen LogP contribution < -0.4 is 14.2 Å². The predicted molar refractivity (Wildman–Crippen MR) is 105 cm³/mol. The summed E-state index contributed by atoms with van der Waals surface area (Å²) in [6.45, 7) is 3.98. The first kappa shape index (κ1) is 20.8. The van der Waals surface area contributed by atoms with Crippen LogP contribution in [-0.2, 0) is 19.1 Å². The van der Waals surface area contributed by atoms with Crippen molar-refractivity contribution in [2.75, 3.05) is 7.11 Å². The van der Waals surface area contributed by atoms with E-state index in [9.17, 15) is 14.4 Å². The van der Waals surface area contributed by atoms with Gasteiger partial charge in [0.2, 0.25) is 18.0 Å². The molecule has 0 fully saturated rings. The minimum absolute atomic E-state index is 0.229. The largest absolute Gasteiger partial charge is 0.493 e. The molecule has 3 rings (SSSR count). The fourth-order valence-electron chi connectivity index (χ4n) is 2.81. The van der Waals surface area contributed by atoms with Crippen LogP contribution in [0.2, 0.25) is 0 Å². The molecular formula is C21H20N2O7. The molecule has 9 heteroatoms. The van der Waals surface area contributed by atoms with Crippen molar-refractivity contribution in [3.63, 3.8) is 0 Å². The van der Waals surface area contributed by atoms with Gasteiger partial charge in [-0.3, -0.25) is 14.4 Å². The van der Waals surface area contributed by atoms with Gasteiger partial charge < -0.3 is 18.9 Å². The van der Waals surface area contributed by atoms with Gasteiger partial charge in [0.15, 0.2) is 11.5 Å². The third kappa shape index (κ3) is 4.57. The fraction of sp³-hybridized carbons (Fsp3) is 0.238. The third-order valence-electron chi connectivity index (χ3n) is 4.06. The van der Waals surface area contributed by atoms with E-state index in [1.807, 2.05) is 0 Å². The number of nitrogens with zero attached hydrogens (tertiary/aromatic N) is 2. The highest BCUT2D eigenvalue weighted by atomic mass is 16.6. The van der Waals surface area contributed by atoms with Crippen molar-refractivity contribution in [1.82, 2.24) is 5.01 Å². The van der Waals surface area contributed by atoms with E-state index in [1.165, 1.54) is 32.9 Å². The number of carbonyl (C=O) groups is 3. The van der Waals surface area contributed by atoms with Crippen LogP contribution in [0.4, 0.5) is 0 Å². The molecule has 0 aromatic heterocycles. The summed E-state index contributed by atoms with van der Waals surface area (Å²) < 4.78 is 21.3. The van der Waals surface area contributed by atoms with E-state index < -0.39 is 18.2 Å². The quantitative estimate of drug-likeness (QED) is 0.549. The summed E-state index contributed by atoms with van der Waals surface area (Å²) in [5, 5.41) is 5.48. The second-order valence-electron chi connectivity index (χ2n) is 6.36. The normalized spacial score (nSPS) is 15.1. The van der Waals surface area contributed by atoms with Gasteiger partial charge in [0.1, 0.15) is 5.75 Å². The minimum atomic E-state index is -0.828. The average molecular weight is 412 g/mol. The zero-order valence-electron chi connectivity index (χ0n) is 16.9. The van der Waals surface area contributed by atoms with E-state index in [-0.39, 0.29) is 17.6 Å². The summed E-state index contributed by atoms with van der Waals surface area (Å²) in [5.74, 6) is -0.0485. The molecule has 0 aliphatic carbocycles. The number of rotatable bonds is 5. The van der Waals surface area contributed by atoms with E-state index in [1.54, 1.807) is 42.5 Å². The Morgan fingerprint density at radius 3 is 2.17 bits per heavy atom. The Labute approximate surface area is 172 Å². The molecule has 2 aromatic carbocycles. The van der Waals surface area contributed by atoms with Crippen molar-refractivity contribution in [1.29, 1.82) is 0 Å². The van der Waals surface area contributed by atoms with Crippen LogP contribution >= 0.6 is 0 Å². The number of hydrogen-bond acceptors (Lipinski definition) is 8. The highest BCUT2D eigenvalue weighted by molar-refractivity contribution is 5.96. The Hall–Kier alpha value is -3.88. The Balaban J connectivity index is 1.87. The van der Waals surface area contributed by atoms with E-state index in [0.29, 0.717) is 22.6 Å². The number of esters is 2. The molecule has 0 spiro atoms. The summed E-state index contributed by atoms with van der Waals surface area (Å²) in [6.07, 6.45) is -0.828. The summed E-state index contributed by atoms with van der Waals surface area (Å²) in [6, 6.07) is 11.4. The summed E-state index contributed by atoms with van der Waals surface area (Å²) in [7, 11) is 1.44. The van der Waals surface area contributed by atoms with Crippen molar-refractivity contribution in [2.24, 2.45) is 5.10 Å². The Morgan fingerprint density at radius 2 is 1.60 bits per heavy atom. The molecule has 9 nitrogen and oxygen atoms in total. The van der Waals surface area contributed by atoms with Crippen LogP contribution in [-0.4, -0.2) is 35.9 Å². The van der Waals surface area contributed by atoms with Gasteiger partial charge in [0.05, 0.1) is 7.11 Å². The fourth-order valence-corrected chi connectivity index (χ4v) is 2.81. The van der Waals surface area contributed by atoms with E-state index >= 15 is 0 Å². The van der Waals surface area contributed by atoms with Crippen LogP contribution in [0.5, 0.6) is 17.2 Å². The van der Waals surface area contributed by atoms with Gasteiger partial charge in [0, 0.05) is 31.9 Å². The second kappa shape index (κ2) is 8.64. The molecule has 1 heterocycles. The van der Waals surface area contributed by atoms with Crippen molar-refractivity contribution in [3.05, 3.63) is 53.6 Å². The lowest BCUT2D eigenvalue weighted by atomic mass is 10.1. The molecule has 0 radical (unpaired) electrons. The average Bonchev–Trinajstić information content (AvgIpc) is 3.14. The van der Waals surface area contributed by atoms with Crippen LogP contribution in [0, 0.1) is 0 Å².